The molecule has 1 rings (SSSR count). The van der Waals surface area contributed by atoms with Gasteiger partial charge in [0.25, 0.3) is 5.82 Å². The van der Waals surface area contributed by atoms with Crippen LogP contribution in [0.3, 0.4) is 0 Å². The summed E-state index contributed by atoms with van der Waals surface area (Å²) in [5, 5.41) is 0. The van der Waals surface area contributed by atoms with Crippen molar-refractivity contribution >= 4 is 0 Å². The van der Waals surface area contributed by atoms with E-state index in [1.165, 1.54) is 161 Å². The fourth-order valence-corrected chi connectivity index (χ4v) is 5.06. The van der Waals surface area contributed by atoms with E-state index in [4.69, 9.17) is 0 Å². The van der Waals surface area contributed by atoms with Gasteiger partial charge in [-0.25, -0.2) is 9.13 Å². The molecule has 2 heteroatoms. The number of imidazole rings is 1. The van der Waals surface area contributed by atoms with Crippen LogP contribution in [0.1, 0.15) is 168 Å². The summed E-state index contributed by atoms with van der Waals surface area (Å²) in [6.07, 6.45) is 37.1. The molecular formula is C31H61N2+. The first kappa shape index (κ1) is 30.2. The van der Waals surface area contributed by atoms with Gasteiger partial charge in [0.05, 0.1) is 13.1 Å². The van der Waals surface area contributed by atoms with E-state index < -0.39 is 0 Å². The predicted octanol–water partition coefficient (Wildman–Crippen LogP) is 9.96. The van der Waals surface area contributed by atoms with Gasteiger partial charge >= 0.3 is 0 Å². The van der Waals surface area contributed by atoms with Gasteiger partial charge in [0, 0.05) is 6.42 Å². The molecule has 0 radical (unpaired) electrons. The highest BCUT2D eigenvalue weighted by Crippen LogP contribution is 2.14. The highest BCUT2D eigenvalue weighted by molar-refractivity contribution is 4.84. The van der Waals surface area contributed by atoms with Crippen molar-refractivity contribution < 1.29 is 4.57 Å². The second-order valence-electron chi connectivity index (χ2n) is 10.6. The standard InChI is InChI=1S/C31H61N2/c1-4-7-10-12-14-15-16-17-18-19-20-21-22-24-26-31-32(27-9-6-3)29-30-33(31)28-25-23-13-11-8-5-2/h29-30H,4-28H2,1-3H3/q+1. The normalized spacial score (nSPS) is 11.5. The minimum Gasteiger partial charge on any atom is -0.234 e. The van der Waals surface area contributed by atoms with Crippen LogP contribution in [0.5, 0.6) is 0 Å². The van der Waals surface area contributed by atoms with E-state index in [2.05, 4.69) is 42.3 Å². The van der Waals surface area contributed by atoms with E-state index in [1.54, 1.807) is 5.82 Å². The van der Waals surface area contributed by atoms with Crippen LogP contribution in [0.2, 0.25) is 0 Å². The summed E-state index contributed by atoms with van der Waals surface area (Å²) in [6, 6.07) is 0. The van der Waals surface area contributed by atoms with E-state index in [1.807, 2.05) is 0 Å². The molecule has 1 aromatic heterocycles. The number of rotatable bonds is 25. The maximum Gasteiger partial charge on any atom is 0.256 e. The summed E-state index contributed by atoms with van der Waals surface area (Å²) in [4.78, 5) is 0. The molecule has 0 bridgehead atoms. The molecule has 1 heterocycles. The second kappa shape index (κ2) is 23.0. The third kappa shape index (κ3) is 16.5. The summed E-state index contributed by atoms with van der Waals surface area (Å²) < 4.78 is 5.14. The van der Waals surface area contributed by atoms with Gasteiger partial charge in [-0.3, -0.25) is 0 Å². The Hall–Kier alpha value is -0.790. The van der Waals surface area contributed by atoms with E-state index in [0.717, 1.165) is 0 Å². The fourth-order valence-electron chi connectivity index (χ4n) is 5.06. The van der Waals surface area contributed by atoms with Crippen LogP contribution >= 0.6 is 0 Å². The average Bonchev–Trinajstić information content (AvgIpc) is 3.21. The number of hydrogen-bond donors (Lipinski definition) is 0. The molecule has 33 heavy (non-hydrogen) atoms. The molecule has 0 aliphatic rings. The lowest BCUT2D eigenvalue weighted by Crippen LogP contribution is -2.37. The van der Waals surface area contributed by atoms with Gasteiger partial charge in [-0.2, -0.15) is 0 Å². The maximum absolute atomic E-state index is 2.58. The Labute approximate surface area is 208 Å². The summed E-state index contributed by atoms with van der Waals surface area (Å²) in [6.45, 7) is 9.34. The average molecular weight is 462 g/mol. The quantitative estimate of drug-likeness (QED) is 0.101. The molecule has 0 saturated carbocycles. The van der Waals surface area contributed by atoms with Crippen molar-refractivity contribution in [2.75, 3.05) is 0 Å². The highest BCUT2D eigenvalue weighted by Gasteiger charge is 2.16. The van der Waals surface area contributed by atoms with Crippen LogP contribution in [-0.4, -0.2) is 4.57 Å². The first-order chi connectivity index (χ1) is 16.3. The van der Waals surface area contributed by atoms with E-state index in [-0.39, 0.29) is 0 Å². The predicted molar refractivity (Wildman–Crippen MR) is 147 cm³/mol. The Kier molecular flexibility index (Phi) is 21.1. The molecule has 0 spiro atoms. The van der Waals surface area contributed by atoms with Crippen molar-refractivity contribution in [3.63, 3.8) is 0 Å². The van der Waals surface area contributed by atoms with Gasteiger partial charge in [0.1, 0.15) is 12.4 Å². The van der Waals surface area contributed by atoms with Gasteiger partial charge in [0.2, 0.25) is 0 Å². The molecule has 0 amide bonds. The molecule has 0 aromatic carbocycles. The SMILES string of the molecule is CCCCCCCCCCCCCCCCc1n(CCCC)cc[n+]1CCCCCCCC. The molecule has 0 atom stereocenters. The fraction of sp³-hybridized carbons (Fsp3) is 0.903. The van der Waals surface area contributed by atoms with E-state index in [0.29, 0.717) is 0 Å². The monoisotopic (exact) mass is 461 g/mol. The Morgan fingerprint density at radius 2 is 0.939 bits per heavy atom. The van der Waals surface area contributed by atoms with E-state index in [9.17, 15) is 0 Å². The Balaban J connectivity index is 2.14. The van der Waals surface area contributed by atoms with Gasteiger partial charge < -0.3 is 0 Å². The lowest BCUT2D eigenvalue weighted by atomic mass is 10.0. The first-order valence-electron chi connectivity index (χ1n) is 15.4. The smallest absolute Gasteiger partial charge is 0.234 e. The Morgan fingerprint density at radius 1 is 0.515 bits per heavy atom. The van der Waals surface area contributed by atoms with Crippen LogP contribution < -0.4 is 4.57 Å². The van der Waals surface area contributed by atoms with Crippen LogP contribution in [0.25, 0.3) is 0 Å². The second-order valence-corrected chi connectivity index (χ2v) is 10.6. The highest BCUT2D eigenvalue weighted by atomic mass is 15.1. The van der Waals surface area contributed by atoms with Crippen LogP contribution in [0.4, 0.5) is 0 Å². The summed E-state index contributed by atoms with van der Waals surface area (Å²) in [5.74, 6) is 1.59. The molecule has 0 unspecified atom stereocenters. The third-order valence-corrected chi connectivity index (χ3v) is 7.35. The molecule has 1 aromatic rings. The zero-order valence-electron chi connectivity index (χ0n) is 23.2. The van der Waals surface area contributed by atoms with Crippen molar-refractivity contribution in [2.45, 2.75) is 182 Å². The van der Waals surface area contributed by atoms with Crippen LogP contribution in [0, 0.1) is 0 Å². The minimum absolute atomic E-state index is 1.20. The Bertz CT molecular complexity index is 519. The number of aryl methyl sites for hydroxylation is 2. The van der Waals surface area contributed by atoms with E-state index >= 15 is 0 Å². The molecular weight excluding hydrogens is 400 g/mol. The van der Waals surface area contributed by atoms with Crippen molar-refractivity contribution in [1.82, 2.24) is 4.57 Å². The van der Waals surface area contributed by atoms with Crippen LogP contribution in [0.15, 0.2) is 12.4 Å². The van der Waals surface area contributed by atoms with Gasteiger partial charge in [-0.15, -0.1) is 0 Å². The van der Waals surface area contributed by atoms with Gasteiger partial charge in [-0.05, 0) is 25.7 Å². The molecule has 0 aliphatic heterocycles. The minimum atomic E-state index is 1.20. The van der Waals surface area contributed by atoms with Crippen molar-refractivity contribution in [3.8, 4) is 0 Å². The molecule has 0 saturated heterocycles. The number of nitrogens with zero attached hydrogens (tertiary/aromatic N) is 2. The summed E-state index contributed by atoms with van der Waals surface area (Å²) in [7, 11) is 0. The van der Waals surface area contributed by atoms with Crippen molar-refractivity contribution in [3.05, 3.63) is 18.2 Å². The molecule has 2 nitrogen and oxygen atoms in total. The zero-order chi connectivity index (χ0) is 23.8. The summed E-state index contributed by atoms with van der Waals surface area (Å²) >= 11 is 0. The number of hydrogen-bond acceptors (Lipinski definition) is 0. The van der Waals surface area contributed by atoms with Crippen molar-refractivity contribution in [2.24, 2.45) is 0 Å². The summed E-state index contributed by atoms with van der Waals surface area (Å²) in [5.41, 5.74) is 0. The first-order valence-corrected chi connectivity index (χ1v) is 15.4. The maximum atomic E-state index is 2.58. The topological polar surface area (TPSA) is 8.81 Å². The molecule has 194 valence electrons. The number of unbranched alkanes of at least 4 members (excludes halogenated alkanes) is 19. The lowest BCUT2D eigenvalue weighted by molar-refractivity contribution is -0.704. The van der Waals surface area contributed by atoms with Crippen LogP contribution in [-0.2, 0) is 19.5 Å². The third-order valence-electron chi connectivity index (χ3n) is 7.35. The van der Waals surface area contributed by atoms with Crippen molar-refractivity contribution in [1.29, 1.82) is 0 Å². The molecule has 0 aliphatic carbocycles. The zero-order valence-corrected chi connectivity index (χ0v) is 23.2. The molecule has 0 N–H and O–H groups in total. The van der Waals surface area contributed by atoms with Gasteiger partial charge in [0.15, 0.2) is 0 Å². The van der Waals surface area contributed by atoms with Gasteiger partial charge in [-0.1, -0.05) is 136 Å². The Morgan fingerprint density at radius 3 is 1.42 bits per heavy atom. The number of aromatic nitrogens is 2. The largest absolute Gasteiger partial charge is 0.256 e. The lowest BCUT2D eigenvalue weighted by Gasteiger charge is -2.06. The molecule has 0 fully saturated rings.